The molecule has 0 amide bonds. The molecular weight excluding hydrogens is 632 g/mol. The van der Waals surface area contributed by atoms with Gasteiger partial charge in [0, 0.05) is 31.5 Å². The zero-order chi connectivity index (χ0) is 27.3. The Bertz CT molecular complexity index is 623. The molecule has 0 aromatic heterocycles. The fourth-order valence-electron chi connectivity index (χ4n) is 3.84. The molecule has 7 nitrogen and oxygen atoms in total. The SMILES string of the molecule is [C-]#[O+].[C-]#[O+].[CH2][C]([CH]C[C@]1(C)C(=O)CC[C@H]1C(=C)CC(OCC)OCC)C(=O)OCC.[CH]1[CH][CH][CH][CH]1.[W+2]. The molecule has 0 spiro atoms. The van der Waals surface area contributed by atoms with Crippen LogP contribution in [0.2, 0.25) is 0 Å². The van der Waals surface area contributed by atoms with E-state index >= 15 is 0 Å². The number of ketones is 1. The molecule has 0 saturated heterocycles. The summed E-state index contributed by atoms with van der Waals surface area (Å²) in [6, 6.07) is 0. The molecule has 2 atom stereocenters. The van der Waals surface area contributed by atoms with E-state index < -0.39 is 11.4 Å². The van der Waals surface area contributed by atoms with Crippen LogP contribution < -0.4 is 0 Å². The first-order valence-electron chi connectivity index (χ1n) is 11.5. The predicted molar refractivity (Wildman–Crippen MR) is 130 cm³/mol. The van der Waals surface area contributed by atoms with Crippen molar-refractivity contribution < 1.29 is 54.2 Å². The molecule has 2 aliphatic carbocycles. The van der Waals surface area contributed by atoms with E-state index in [9.17, 15) is 9.59 Å². The number of carbonyl (C=O) groups is 2. The van der Waals surface area contributed by atoms with Crippen LogP contribution in [0.1, 0.15) is 53.4 Å². The van der Waals surface area contributed by atoms with Gasteiger partial charge < -0.3 is 14.2 Å². The second-order valence-corrected chi connectivity index (χ2v) is 7.75. The summed E-state index contributed by atoms with van der Waals surface area (Å²) >= 11 is 0. The molecule has 0 aliphatic heterocycles. The zero-order valence-corrected chi connectivity index (χ0v) is 24.7. The Labute approximate surface area is 233 Å². The topological polar surface area (TPSA) is 102 Å². The van der Waals surface area contributed by atoms with Gasteiger partial charge in [-0.1, -0.05) is 19.1 Å². The number of rotatable bonds is 12. The monoisotopic (exact) mass is 670 g/mol. The second kappa shape index (κ2) is 24.3. The minimum absolute atomic E-state index is 0. The van der Waals surface area contributed by atoms with E-state index in [1.165, 1.54) is 0 Å². The van der Waals surface area contributed by atoms with Crippen molar-refractivity contribution in [2.75, 3.05) is 19.8 Å². The van der Waals surface area contributed by atoms with E-state index in [4.69, 9.17) is 23.5 Å². The van der Waals surface area contributed by atoms with Crippen molar-refractivity contribution in [3.8, 4) is 0 Å². The third-order valence-electron chi connectivity index (χ3n) is 5.56. The normalized spacial score (nSPS) is 20.1. The Morgan fingerprint density at radius 3 is 1.97 bits per heavy atom. The van der Waals surface area contributed by atoms with Gasteiger partial charge in [-0.2, -0.15) is 0 Å². The van der Waals surface area contributed by atoms with E-state index in [-0.39, 0.29) is 39.1 Å². The maximum absolute atomic E-state index is 12.6. The van der Waals surface area contributed by atoms with Gasteiger partial charge in [0.2, 0.25) is 0 Å². The third-order valence-corrected chi connectivity index (χ3v) is 5.56. The van der Waals surface area contributed by atoms with Crippen LogP contribution in [-0.2, 0) is 54.2 Å². The van der Waals surface area contributed by atoms with Crippen LogP contribution >= 0.6 is 0 Å². The molecule has 0 bridgehead atoms. The Morgan fingerprint density at radius 1 is 1.08 bits per heavy atom. The minimum atomic E-state index is -0.588. The molecule has 2 fully saturated rings. The first kappa shape index (κ1) is 39.5. The molecule has 8 radical (unpaired) electrons. The van der Waals surface area contributed by atoms with E-state index in [0.717, 1.165) is 12.0 Å². The number of esters is 1. The number of hydrogen-bond acceptors (Lipinski definition) is 5. The van der Waals surface area contributed by atoms with E-state index in [1.54, 1.807) is 13.3 Å². The van der Waals surface area contributed by atoms with Crippen molar-refractivity contribution in [1.29, 1.82) is 0 Å². The maximum atomic E-state index is 12.6. The van der Waals surface area contributed by atoms with Gasteiger partial charge in [0.1, 0.15) is 5.78 Å². The van der Waals surface area contributed by atoms with Crippen LogP contribution in [0.3, 0.4) is 0 Å². The van der Waals surface area contributed by atoms with Crippen LogP contribution in [0, 0.1) is 76.0 Å². The molecule has 0 unspecified atom stereocenters. The average molecular weight is 670 g/mol. The largest absolute Gasteiger partial charge is 2.00 e. The maximum Gasteiger partial charge on any atom is 2.00 e. The molecule has 2 rings (SSSR count). The zero-order valence-electron chi connectivity index (χ0n) is 21.7. The first-order chi connectivity index (χ1) is 16.8. The quantitative estimate of drug-likeness (QED) is 0.0975. The summed E-state index contributed by atoms with van der Waals surface area (Å²) in [7, 11) is 0. The van der Waals surface area contributed by atoms with Crippen molar-refractivity contribution in [2.45, 2.75) is 59.7 Å². The first-order valence-corrected chi connectivity index (χ1v) is 11.5. The summed E-state index contributed by atoms with van der Waals surface area (Å²) in [5.74, 6) is 0.0777. The third kappa shape index (κ3) is 14.6. The smallest absolute Gasteiger partial charge is 0.466 e. The predicted octanol–water partition coefficient (Wildman–Crippen LogP) is 4.83. The molecule has 0 heterocycles. The second-order valence-electron chi connectivity index (χ2n) is 7.75. The van der Waals surface area contributed by atoms with Gasteiger partial charge >= 0.3 is 49.6 Å². The van der Waals surface area contributed by atoms with Crippen LogP contribution in [0.5, 0.6) is 0 Å². The summed E-state index contributed by atoms with van der Waals surface area (Å²) in [6.45, 7) is 25.9. The van der Waals surface area contributed by atoms with Crippen molar-refractivity contribution in [2.24, 2.45) is 11.3 Å². The van der Waals surface area contributed by atoms with Gasteiger partial charge in [0.25, 0.3) is 0 Å². The molecule has 8 heteroatoms. The molecule has 0 aromatic rings. The van der Waals surface area contributed by atoms with Gasteiger partial charge in [-0.3, -0.25) is 9.59 Å². The van der Waals surface area contributed by atoms with Crippen LogP contribution in [0.15, 0.2) is 12.2 Å². The molecule has 196 valence electrons. The summed E-state index contributed by atoms with van der Waals surface area (Å²) in [5, 5.41) is 0. The molecule has 2 saturated carbocycles. The fourth-order valence-corrected chi connectivity index (χ4v) is 3.84. The Balaban J connectivity index is -0.000000931. The summed E-state index contributed by atoms with van der Waals surface area (Å²) in [5.41, 5.74) is 0.371. The summed E-state index contributed by atoms with van der Waals surface area (Å²) < 4.78 is 31.2. The molecule has 36 heavy (non-hydrogen) atoms. The molecular formula is C28H38O7W+2. The number of Topliss-reactive ketones (excluding diaryl/α,β-unsaturated/α-hetero) is 1. The fraction of sp³-hybridized carbons (Fsp3) is 0.500. The van der Waals surface area contributed by atoms with Gasteiger partial charge in [0.15, 0.2) is 6.29 Å². The molecule has 2 aliphatic rings. The van der Waals surface area contributed by atoms with E-state index in [2.05, 4.69) is 26.8 Å². The van der Waals surface area contributed by atoms with E-state index in [0.29, 0.717) is 45.0 Å². The van der Waals surface area contributed by atoms with Gasteiger partial charge in [-0.05, 0) is 85.0 Å². The summed E-state index contributed by atoms with van der Waals surface area (Å²) in [4.78, 5) is 24.3. The average Bonchev–Trinajstić information content (AvgIpc) is 3.54. The number of carbonyl (C=O) groups excluding carboxylic acids is 2. The van der Waals surface area contributed by atoms with Gasteiger partial charge in [-0.25, -0.2) is 0 Å². The van der Waals surface area contributed by atoms with E-state index in [1.807, 2.05) is 52.9 Å². The Hall–Kier alpha value is -1.03. The van der Waals surface area contributed by atoms with Crippen molar-refractivity contribution in [1.82, 2.24) is 0 Å². The summed E-state index contributed by atoms with van der Waals surface area (Å²) in [6.07, 6.45) is 13.7. The van der Waals surface area contributed by atoms with Crippen molar-refractivity contribution in [3.63, 3.8) is 0 Å². The molecule has 0 N–H and O–H groups in total. The minimum Gasteiger partial charge on any atom is -0.466 e. The van der Waals surface area contributed by atoms with Gasteiger partial charge in [-0.15, -0.1) is 0 Å². The number of ether oxygens (including phenoxy) is 3. The standard InChI is InChI=1S/C21H33O5.C5H5.2CO.W/c1-7-24-19(25-8-2)14-16(5)17-10-11-18(22)21(17,6)13-12-15(4)20(23)26-9-3;1-2-4-5-3-1;2*1-2;/h12,17,19H,4-5,7-11,13-14H2,1-3,6H3;1-5H;;;/q;;;;+2/t17-,21-;;;;/m0..../s1. The van der Waals surface area contributed by atoms with Crippen LogP contribution in [-0.4, -0.2) is 37.9 Å². The van der Waals surface area contributed by atoms with Crippen LogP contribution in [0.4, 0.5) is 0 Å². The molecule has 0 aromatic carbocycles. The Morgan fingerprint density at radius 2 is 1.56 bits per heavy atom. The number of hydrogen-bond donors (Lipinski definition) is 0. The van der Waals surface area contributed by atoms with Gasteiger partial charge in [0.05, 0.1) is 12.5 Å². The Kier molecular flexibility index (Phi) is 26.7. The van der Waals surface area contributed by atoms with Crippen molar-refractivity contribution >= 4 is 11.8 Å². The van der Waals surface area contributed by atoms with Crippen LogP contribution in [0.25, 0.3) is 0 Å². The van der Waals surface area contributed by atoms with Crippen molar-refractivity contribution in [3.05, 3.63) is 76.8 Å².